The highest BCUT2D eigenvalue weighted by atomic mass is 16.5. The second-order valence-electron chi connectivity index (χ2n) is 7.84. The van der Waals surface area contributed by atoms with Crippen molar-refractivity contribution in [3.8, 4) is 0 Å². The summed E-state index contributed by atoms with van der Waals surface area (Å²) in [6.45, 7) is 3.90. The lowest BCUT2D eigenvalue weighted by atomic mass is 9.57. The van der Waals surface area contributed by atoms with Gasteiger partial charge in [0.15, 0.2) is 0 Å². The van der Waals surface area contributed by atoms with Crippen molar-refractivity contribution < 1.29 is 9.47 Å². The molecule has 24 heavy (non-hydrogen) atoms. The van der Waals surface area contributed by atoms with Gasteiger partial charge in [-0.1, -0.05) is 56.2 Å². The summed E-state index contributed by atoms with van der Waals surface area (Å²) < 4.78 is 11.6. The van der Waals surface area contributed by atoms with Gasteiger partial charge in [-0.05, 0) is 40.7 Å². The van der Waals surface area contributed by atoms with Crippen LogP contribution in [0.2, 0.25) is 0 Å². The molecule has 0 aromatic heterocycles. The van der Waals surface area contributed by atoms with Gasteiger partial charge in [0.05, 0.1) is 18.6 Å². The van der Waals surface area contributed by atoms with Crippen molar-refractivity contribution in [3.63, 3.8) is 0 Å². The van der Waals surface area contributed by atoms with E-state index in [-0.39, 0.29) is 10.8 Å². The quantitative estimate of drug-likeness (QED) is 0.784. The highest BCUT2D eigenvalue weighted by Crippen LogP contribution is 2.61. The lowest BCUT2D eigenvalue weighted by Crippen LogP contribution is -2.54. The van der Waals surface area contributed by atoms with Crippen LogP contribution in [0.1, 0.15) is 43.7 Å². The first kappa shape index (κ1) is 16.1. The van der Waals surface area contributed by atoms with Gasteiger partial charge in [0.2, 0.25) is 0 Å². The van der Waals surface area contributed by atoms with Crippen molar-refractivity contribution in [2.75, 3.05) is 27.4 Å². The fourth-order valence-corrected chi connectivity index (χ4v) is 5.81. The highest BCUT2D eigenvalue weighted by molar-refractivity contribution is 5.94. The minimum absolute atomic E-state index is 0.0682. The molecule has 2 aliphatic rings. The van der Waals surface area contributed by atoms with Crippen molar-refractivity contribution in [2.45, 2.75) is 43.4 Å². The zero-order valence-corrected chi connectivity index (χ0v) is 15.1. The summed E-state index contributed by atoms with van der Waals surface area (Å²) in [5, 5.41) is 2.80. The van der Waals surface area contributed by atoms with Crippen LogP contribution in [-0.2, 0) is 20.3 Å². The summed E-state index contributed by atoms with van der Waals surface area (Å²) in [4.78, 5) is 0. The van der Waals surface area contributed by atoms with Crippen LogP contribution >= 0.6 is 0 Å². The van der Waals surface area contributed by atoms with Gasteiger partial charge < -0.3 is 9.47 Å². The molecule has 2 aliphatic carbocycles. The summed E-state index contributed by atoms with van der Waals surface area (Å²) in [6, 6.07) is 13.6. The normalized spacial score (nSPS) is 25.6. The average Bonchev–Trinajstić information content (AvgIpc) is 3.20. The maximum absolute atomic E-state index is 5.82. The molecular weight excluding hydrogens is 296 g/mol. The third kappa shape index (κ3) is 1.90. The zero-order valence-electron chi connectivity index (χ0n) is 15.1. The Bertz CT molecular complexity index is 700. The molecule has 2 aromatic carbocycles. The first-order chi connectivity index (χ1) is 11.7. The summed E-state index contributed by atoms with van der Waals surface area (Å²) >= 11 is 0. The van der Waals surface area contributed by atoms with E-state index < -0.39 is 0 Å². The van der Waals surface area contributed by atoms with Gasteiger partial charge in [0.25, 0.3) is 0 Å². The fraction of sp³-hybridized carbons (Fsp3) is 0.545. The molecule has 2 heteroatoms. The van der Waals surface area contributed by atoms with Crippen LogP contribution in [0.15, 0.2) is 36.4 Å². The van der Waals surface area contributed by atoms with E-state index in [4.69, 9.17) is 9.47 Å². The molecule has 0 amide bonds. The number of hydrogen-bond donors (Lipinski definition) is 0. The van der Waals surface area contributed by atoms with Gasteiger partial charge in [0, 0.05) is 19.6 Å². The Morgan fingerprint density at radius 2 is 1.50 bits per heavy atom. The Hall–Kier alpha value is -1.38. The third-order valence-electron chi connectivity index (χ3n) is 6.93. The van der Waals surface area contributed by atoms with Crippen molar-refractivity contribution in [1.82, 2.24) is 0 Å². The molecule has 4 rings (SSSR count). The van der Waals surface area contributed by atoms with Gasteiger partial charge in [-0.15, -0.1) is 0 Å². The molecule has 0 radical (unpaired) electrons. The van der Waals surface area contributed by atoms with Crippen molar-refractivity contribution in [1.29, 1.82) is 0 Å². The molecule has 128 valence electrons. The van der Waals surface area contributed by atoms with Crippen LogP contribution in [0.3, 0.4) is 0 Å². The minimum atomic E-state index is -0.102. The third-order valence-corrected chi connectivity index (χ3v) is 6.93. The van der Waals surface area contributed by atoms with E-state index in [0.29, 0.717) is 19.1 Å². The first-order valence-electron chi connectivity index (χ1n) is 9.19. The largest absolute Gasteiger partial charge is 0.384 e. The zero-order chi connectivity index (χ0) is 16.8. The van der Waals surface area contributed by atoms with Crippen LogP contribution in [0.4, 0.5) is 0 Å². The number of methoxy groups -OCH3 is 2. The molecule has 0 spiro atoms. The Kier molecular flexibility index (Phi) is 3.93. The summed E-state index contributed by atoms with van der Waals surface area (Å²) in [5.74, 6) is 0.695. The van der Waals surface area contributed by atoms with E-state index in [1.807, 2.05) is 14.2 Å². The molecule has 0 N–H and O–H groups in total. The molecule has 1 fully saturated rings. The van der Waals surface area contributed by atoms with Gasteiger partial charge >= 0.3 is 0 Å². The average molecular weight is 324 g/mol. The predicted octanol–water partition coefficient (Wildman–Crippen LogP) is 4.83. The van der Waals surface area contributed by atoms with Crippen molar-refractivity contribution >= 4 is 10.8 Å². The van der Waals surface area contributed by atoms with E-state index in [1.165, 1.54) is 47.6 Å². The van der Waals surface area contributed by atoms with Crippen LogP contribution in [0.5, 0.6) is 0 Å². The monoisotopic (exact) mass is 324 g/mol. The summed E-state index contributed by atoms with van der Waals surface area (Å²) in [6.07, 6.45) is 5.33. The smallest absolute Gasteiger partial charge is 0.0590 e. The van der Waals surface area contributed by atoms with Gasteiger partial charge in [-0.25, -0.2) is 0 Å². The van der Waals surface area contributed by atoms with Crippen molar-refractivity contribution in [2.24, 2.45) is 5.92 Å². The topological polar surface area (TPSA) is 18.5 Å². The van der Waals surface area contributed by atoms with Gasteiger partial charge in [-0.2, -0.15) is 0 Å². The molecule has 0 bridgehead atoms. The van der Waals surface area contributed by atoms with E-state index in [1.54, 1.807) is 0 Å². The second kappa shape index (κ2) is 5.86. The van der Waals surface area contributed by atoms with Crippen LogP contribution in [0, 0.1) is 5.92 Å². The number of hydrogen-bond acceptors (Lipinski definition) is 2. The molecule has 0 saturated heterocycles. The highest BCUT2D eigenvalue weighted by Gasteiger charge is 2.59. The Labute approximate surface area is 145 Å². The van der Waals surface area contributed by atoms with E-state index >= 15 is 0 Å². The Balaban J connectivity index is 2.04. The van der Waals surface area contributed by atoms with E-state index in [0.717, 1.165) is 0 Å². The molecule has 0 aliphatic heterocycles. The number of rotatable bonds is 5. The SMILES string of the molecule is COCC1(COC)c2cccc3cccc(c23)C1(C)C1CCCC1. The standard InChI is InChI=1S/C22H28O2/c1-21(17-10-4-5-11-17)18-12-6-8-16-9-7-13-19(20(16)18)22(21,14-23-2)15-24-3/h6-9,12-13,17H,4-5,10-11,14-15H2,1-3H3. The molecule has 2 aromatic rings. The van der Waals surface area contributed by atoms with Crippen LogP contribution in [0.25, 0.3) is 10.8 Å². The van der Waals surface area contributed by atoms with Gasteiger partial charge in [-0.3, -0.25) is 0 Å². The molecule has 0 heterocycles. The number of ether oxygens (including phenoxy) is 2. The van der Waals surface area contributed by atoms with E-state index in [9.17, 15) is 0 Å². The molecule has 1 atom stereocenters. The number of benzene rings is 2. The Morgan fingerprint density at radius 1 is 0.917 bits per heavy atom. The lowest BCUT2D eigenvalue weighted by molar-refractivity contribution is -0.000613. The lowest BCUT2D eigenvalue weighted by Gasteiger charge is -2.48. The molecular formula is C22H28O2. The minimum Gasteiger partial charge on any atom is -0.384 e. The summed E-state index contributed by atoms with van der Waals surface area (Å²) in [7, 11) is 3.66. The second-order valence-corrected chi connectivity index (χ2v) is 7.84. The van der Waals surface area contributed by atoms with E-state index in [2.05, 4.69) is 43.3 Å². The maximum atomic E-state index is 5.82. The molecule has 1 saturated carbocycles. The predicted molar refractivity (Wildman–Crippen MR) is 98.7 cm³/mol. The van der Waals surface area contributed by atoms with Crippen LogP contribution in [-0.4, -0.2) is 27.4 Å². The summed E-state index contributed by atoms with van der Waals surface area (Å²) in [5.41, 5.74) is 2.90. The van der Waals surface area contributed by atoms with Crippen LogP contribution < -0.4 is 0 Å². The molecule has 2 nitrogen and oxygen atoms in total. The fourth-order valence-electron chi connectivity index (χ4n) is 5.81. The Morgan fingerprint density at radius 3 is 2.08 bits per heavy atom. The first-order valence-corrected chi connectivity index (χ1v) is 9.19. The van der Waals surface area contributed by atoms with Crippen molar-refractivity contribution in [3.05, 3.63) is 47.5 Å². The maximum Gasteiger partial charge on any atom is 0.0590 e. The molecule has 1 unspecified atom stereocenters. The van der Waals surface area contributed by atoms with Gasteiger partial charge in [0.1, 0.15) is 0 Å².